The van der Waals surface area contributed by atoms with Crippen LogP contribution in [0.4, 0.5) is 21.0 Å². The van der Waals surface area contributed by atoms with E-state index in [-0.39, 0.29) is 29.4 Å². The van der Waals surface area contributed by atoms with Crippen molar-refractivity contribution in [2.24, 2.45) is 0 Å². The van der Waals surface area contributed by atoms with Crippen molar-refractivity contribution in [1.29, 1.82) is 0 Å². The summed E-state index contributed by atoms with van der Waals surface area (Å²) in [7, 11) is 1.56. The van der Waals surface area contributed by atoms with E-state index in [0.717, 1.165) is 47.7 Å². The maximum Gasteiger partial charge on any atom is 0.411 e. The molecular formula is C29H35N3O6S. The van der Waals surface area contributed by atoms with Crippen molar-refractivity contribution >= 4 is 46.3 Å². The van der Waals surface area contributed by atoms with E-state index in [0.29, 0.717) is 43.1 Å². The van der Waals surface area contributed by atoms with Gasteiger partial charge in [-0.25, -0.2) is 4.79 Å². The van der Waals surface area contributed by atoms with Gasteiger partial charge in [0.15, 0.2) is 0 Å². The lowest BCUT2D eigenvalue weighted by atomic mass is 9.94. The zero-order chi connectivity index (χ0) is 27.8. The highest BCUT2D eigenvalue weighted by molar-refractivity contribution is 8.14. The normalized spacial score (nSPS) is 15.0. The Labute approximate surface area is 233 Å². The van der Waals surface area contributed by atoms with Crippen molar-refractivity contribution in [3.63, 3.8) is 0 Å². The number of thioether (sulfide) groups is 1. The van der Waals surface area contributed by atoms with Crippen molar-refractivity contribution in [1.82, 2.24) is 4.90 Å². The zero-order valence-corrected chi connectivity index (χ0v) is 23.3. The minimum absolute atomic E-state index is 0.0356. The Bertz CT molecular complexity index is 1200. The highest BCUT2D eigenvalue weighted by atomic mass is 32.2. The lowest BCUT2D eigenvalue weighted by Crippen LogP contribution is -2.36. The highest BCUT2D eigenvalue weighted by Gasteiger charge is 2.33. The van der Waals surface area contributed by atoms with E-state index in [1.54, 1.807) is 30.2 Å². The third-order valence-electron chi connectivity index (χ3n) is 6.91. The van der Waals surface area contributed by atoms with Crippen LogP contribution in [0, 0.1) is 0 Å². The number of ether oxygens (including phenoxy) is 2. The molecule has 0 saturated carbocycles. The molecule has 0 unspecified atom stereocenters. The molecular weight excluding hydrogens is 518 g/mol. The van der Waals surface area contributed by atoms with Gasteiger partial charge in [-0.1, -0.05) is 62.6 Å². The predicted molar refractivity (Wildman–Crippen MR) is 151 cm³/mol. The van der Waals surface area contributed by atoms with Crippen LogP contribution in [-0.4, -0.2) is 47.5 Å². The molecule has 2 aliphatic rings. The number of anilines is 2. The molecule has 2 heterocycles. The SMILES string of the molecule is CCCCCCCOC(=O)Nc1ccc(CN2C(=O)CCc3c(CN4C(=O)CSC4=O)ccc(OC)c32)cc1. The standard InChI is InChI=1S/C29H35N3O6S/c1-3-4-5-6-7-16-38-28(35)30-22-11-8-20(9-12-22)17-31-25(33)15-13-23-21(10-14-24(37-2)27(23)31)18-32-26(34)19-39-29(32)36/h8-12,14H,3-7,13,15-19H2,1-2H3,(H,30,35). The summed E-state index contributed by atoms with van der Waals surface area (Å²) in [5.74, 6) is 0.476. The Morgan fingerprint density at radius 1 is 0.923 bits per heavy atom. The Balaban J connectivity index is 1.43. The lowest BCUT2D eigenvalue weighted by Gasteiger charge is -2.33. The summed E-state index contributed by atoms with van der Waals surface area (Å²) < 4.78 is 10.9. The fourth-order valence-corrected chi connectivity index (χ4v) is 5.53. The maximum atomic E-state index is 13.1. The molecule has 10 heteroatoms. The van der Waals surface area contributed by atoms with Crippen LogP contribution in [0.1, 0.15) is 62.1 Å². The van der Waals surface area contributed by atoms with Crippen LogP contribution in [0.25, 0.3) is 0 Å². The molecule has 39 heavy (non-hydrogen) atoms. The van der Waals surface area contributed by atoms with Gasteiger partial charge < -0.3 is 14.4 Å². The molecule has 9 nitrogen and oxygen atoms in total. The average Bonchev–Trinajstić information content (AvgIpc) is 3.25. The predicted octanol–water partition coefficient (Wildman–Crippen LogP) is 5.89. The fraction of sp³-hybridized carbons (Fsp3) is 0.448. The first kappa shape index (κ1) is 28.5. The van der Waals surface area contributed by atoms with Crippen LogP contribution in [-0.2, 0) is 33.8 Å². The van der Waals surface area contributed by atoms with Gasteiger partial charge in [-0.15, -0.1) is 0 Å². The van der Waals surface area contributed by atoms with Crippen LogP contribution >= 0.6 is 11.8 Å². The molecule has 208 valence electrons. The number of carbonyl (C=O) groups excluding carboxylic acids is 4. The first-order valence-corrected chi connectivity index (χ1v) is 14.4. The third kappa shape index (κ3) is 7.11. The van der Waals surface area contributed by atoms with Crippen molar-refractivity contribution < 1.29 is 28.7 Å². The summed E-state index contributed by atoms with van der Waals surface area (Å²) in [6, 6.07) is 10.9. The van der Waals surface area contributed by atoms with Gasteiger partial charge >= 0.3 is 6.09 Å². The quantitative estimate of drug-likeness (QED) is 0.327. The first-order valence-electron chi connectivity index (χ1n) is 13.4. The number of benzene rings is 2. The number of hydrogen-bond donors (Lipinski definition) is 1. The molecule has 2 aromatic rings. The molecule has 1 fully saturated rings. The van der Waals surface area contributed by atoms with Crippen molar-refractivity contribution in [3.05, 3.63) is 53.1 Å². The highest BCUT2D eigenvalue weighted by Crippen LogP contribution is 2.40. The summed E-state index contributed by atoms with van der Waals surface area (Å²) in [4.78, 5) is 52.5. The second-order valence-electron chi connectivity index (χ2n) is 9.64. The van der Waals surface area contributed by atoms with Crippen LogP contribution in [0.3, 0.4) is 0 Å². The number of unbranched alkanes of at least 4 members (excludes halogenated alkanes) is 4. The summed E-state index contributed by atoms with van der Waals surface area (Å²) in [5, 5.41) is 2.49. The van der Waals surface area contributed by atoms with E-state index in [9.17, 15) is 19.2 Å². The average molecular weight is 554 g/mol. The van der Waals surface area contributed by atoms with Crippen LogP contribution in [0.15, 0.2) is 36.4 Å². The smallest absolute Gasteiger partial charge is 0.411 e. The number of nitrogens with zero attached hydrogens (tertiary/aromatic N) is 2. The van der Waals surface area contributed by atoms with Crippen molar-refractivity contribution in [2.45, 2.75) is 65.0 Å². The van der Waals surface area contributed by atoms with E-state index in [4.69, 9.17) is 9.47 Å². The molecule has 0 spiro atoms. The molecule has 1 N–H and O–H groups in total. The van der Waals surface area contributed by atoms with Gasteiger partial charge in [-0.05, 0) is 47.7 Å². The Morgan fingerprint density at radius 2 is 1.69 bits per heavy atom. The molecule has 0 aromatic heterocycles. The molecule has 0 radical (unpaired) electrons. The number of nitrogens with one attached hydrogen (secondary N) is 1. The molecule has 2 aromatic carbocycles. The van der Waals surface area contributed by atoms with E-state index < -0.39 is 6.09 Å². The van der Waals surface area contributed by atoms with Gasteiger partial charge in [0.05, 0.1) is 38.2 Å². The summed E-state index contributed by atoms with van der Waals surface area (Å²) in [6.07, 6.45) is 5.76. The van der Waals surface area contributed by atoms with E-state index in [2.05, 4.69) is 12.2 Å². The van der Waals surface area contributed by atoms with Gasteiger partial charge in [0.25, 0.3) is 5.24 Å². The number of methoxy groups -OCH3 is 1. The third-order valence-corrected chi connectivity index (χ3v) is 7.77. The summed E-state index contributed by atoms with van der Waals surface area (Å²) >= 11 is 1.01. The summed E-state index contributed by atoms with van der Waals surface area (Å²) in [6.45, 7) is 3.04. The molecule has 2 aliphatic heterocycles. The van der Waals surface area contributed by atoms with Gasteiger partial charge in [0.1, 0.15) is 5.75 Å². The minimum Gasteiger partial charge on any atom is -0.495 e. The van der Waals surface area contributed by atoms with Crippen LogP contribution in [0.2, 0.25) is 0 Å². The van der Waals surface area contributed by atoms with Crippen molar-refractivity contribution in [2.75, 3.05) is 29.7 Å². The van der Waals surface area contributed by atoms with Crippen LogP contribution < -0.4 is 15.0 Å². The lowest BCUT2D eigenvalue weighted by molar-refractivity contribution is -0.125. The Hall–Kier alpha value is -3.53. The van der Waals surface area contributed by atoms with Gasteiger partial charge in [-0.3, -0.25) is 24.6 Å². The topological polar surface area (TPSA) is 105 Å². The molecule has 1 saturated heterocycles. The number of carbonyl (C=O) groups is 4. The molecule has 0 bridgehead atoms. The van der Waals surface area contributed by atoms with Crippen molar-refractivity contribution in [3.8, 4) is 5.75 Å². The monoisotopic (exact) mass is 553 g/mol. The molecule has 0 aliphatic carbocycles. The Morgan fingerprint density at radius 3 is 2.38 bits per heavy atom. The fourth-order valence-electron chi connectivity index (χ4n) is 4.81. The number of fused-ring (bicyclic) bond motifs is 1. The van der Waals surface area contributed by atoms with E-state index in [1.165, 1.54) is 17.7 Å². The van der Waals surface area contributed by atoms with E-state index >= 15 is 0 Å². The second kappa shape index (κ2) is 13.5. The molecule has 4 amide bonds. The number of rotatable bonds is 12. The second-order valence-corrected chi connectivity index (χ2v) is 10.6. The number of imide groups is 1. The largest absolute Gasteiger partial charge is 0.495 e. The first-order chi connectivity index (χ1) is 18.9. The summed E-state index contributed by atoms with van der Waals surface area (Å²) in [5.41, 5.74) is 3.89. The number of hydrogen-bond acceptors (Lipinski definition) is 7. The van der Waals surface area contributed by atoms with Crippen LogP contribution in [0.5, 0.6) is 5.75 Å². The number of amides is 4. The van der Waals surface area contributed by atoms with E-state index in [1.807, 2.05) is 18.2 Å². The Kier molecular flexibility index (Phi) is 9.86. The maximum absolute atomic E-state index is 13.1. The van der Waals surface area contributed by atoms with Gasteiger partial charge in [0, 0.05) is 12.1 Å². The van der Waals surface area contributed by atoms with Gasteiger partial charge in [-0.2, -0.15) is 0 Å². The molecule has 0 atom stereocenters. The molecule has 4 rings (SSSR count). The van der Waals surface area contributed by atoms with Gasteiger partial charge in [0.2, 0.25) is 11.8 Å². The minimum atomic E-state index is -0.482. The zero-order valence-electron chi connectivity index (χ0n) is 22.5.